The predicted molar refractivity (Wildman–Crippen MR) is 84.5 cm³/mol. The van der Waals surface area contributed by atoms with Crippen molar-refractivity contribution in [3.8, 4) is 0 Å². The quantitative estimate of drug-likeness (QED) is 0.801. The number of fused-ring (bicyclic) bond motifs is 1. The van der Waals surface area contributed by atoms with E-state index in [1.807, 2.05) is 43.8 Å². The number of nitrogens with zero attached hydrogens (tertiary/aromatic N) is 4. The van der Waals surface area contributed by atoms with Crippen molar-refractivity contribution in [2.75, 3.05) is 24.3 Å². The van der Waals surface area contributed by atoms with Gasteiger partial charge in [0.1, 0.15) is 0 Å². The van der Waals surface area contributed by atoms with Crippen LogP contribution in [0.4, 0.5) is 11.6 Å². The Hall–Kier alpha value is -2.08. The normalized spacial score (nSPS) is 10.9. The van der Waals surface area contributed by atoms with Crippen molar-refractivity contribution in [2.24, 2.45) is 7.05 Å². The molecule has 0 spiro atoms. The molecule has 2 aromatic heterocycles. The Morgan fingerprint density at radius 3 is 2.90 bits per heavy atom. The maximum absolute atomic E-state index is 4.41. The molecule has 3 aromatic rings. The molecule has 20 heavy (non-hydrogen) atoms. The lowest BCUT2D eigenvalue weighted by atomic mass is 10.3. The molecule has 0 amide bonds. The number of thiazole rings is 1. The van der Waals surface area contributed by atoms with Crippen LogP contribution in [-0.4, -0.2) is 28.6 Å². The largest absolute Gasteiger partial charge is 0.379 e. The molecular formula is C14H17N5S. The Morgan fingerprint density at radius 1 is 1.30 bits per heavy atom. The average molecular weight is 287 g/mol. The minimum Gasteiger partial charge on any atom is -0.379 e. The van der Waals surface area contributed by atoms with E-state index < -0.39 is 0 Å². The van der Waals surface area contributed by atoms with Crippen molar-refractivity contribution >= 4 is 33.2 Å². The van der Waals surface area contributed by atoms with Crippen molar-refractivity contribution in [1.29, 1.82) is 0 Å². The lowest BCUT2D eigenvalue weighted by Crippen LogP contribution is -2.15. The summed E-state index contributed by atoms with van der Waals surface area (Å²) >= 11 is 1.66. The molecule has 1 aromatic carbocycles. The average Bonchev–Trinajstić information content (AvgIpc) is 3.02. The highest BCUT2D eigenvalue weighted by atomic mass is 32.1. The van der Waals surface area contributed by atoms with E-state index in [1.165, 1.54) is 4.70 Å². The summed E-state index contributed by atoms with van der Waals surface area (Å²) in [5.41, 5.74) is 5.18. The summed E-state index contributed by atoms with van der Waals surface area (Å²) < 4.78 is 3.30. The third-order valence-electron chi connectivity index (χ3n) is 3.26. The molecule has 0 unspecified atom stereocenters. The van der Waals surface area contributed by atoms with E-state index in [1.54, 1.807) is 11.3 Å². The van der Waals surface area contributed by atoms with E-state index in [2.05, 4.69) is 32.0 Å². The number of imidazole rings is 1. The lowest BCUT2D eigenvalue weighted by Gasteiger charge is -2.13. The lowest BCUT2D eigenvalue weighted by molar-refractivity contribution is 0.814. The van der Waals surface area contributed by atoms with E-state index in [4.69, 9.17) is 0 Å². The smallest absolute Gasteiger partial charge is 0.204 e. The predicted octanol–water partition coefficient (Wildman–Crippen LogP) is 2.71. The van der Waals surface area contributed by atoms with Gasteiger partial charge in [-0.15, -0.1) is 11.3 Å². The first kappa shape index (κ1) is 12.9. The highest BCUT2D eigenvalue weighted by molar-refractivity contribution is 7.16. The van der Waals surface area contributed by atoms with Gasteiger partial charge < -0.3 is 14.8 Å². The van der Waals surface area contributed by atoms with Crippen LogP contribution < -0.4 is 10.2 Å². The molecule has 104 valence electrons. The summed E-state index contributed by atoms with van der Waals surface area (Å²) in [7, 11) is 6.03. The molecule has 5 nitrogen and oxygen atoms in total. The SMILES string of the molecule is CN(C)c1ncc(CNc2ccc3ncsc3c2)n1C. The fraction of sp³-hybridized carbons (Fsp3) is 0.286. The van der Waals surface area contributed by atoms with Crippen LogP contribution in [-0.2, 0) is 13.6 Å². The molecular weight excluding hydrogens is 270 g/mol. The summed E-state index contributed by atoms with van der Waals surface area (Å²) in [6, 6.07) is 6.24. The van der Waals surface area contributed by atoms with Gasteiger partial charge in [0, 0.05) is 26.8 Å². The number of aromatic nitrogens is 3. The standard InChI is InChI=1S/C14H17N5S/c1-18(2)14-16-8-11(19(14)3)7-15-10-4-5-12-13(6-10)20-9-17-12/h4-6,8-9,15H,7H2,1-3H3. The molecule has 0 saturated carbocycles. The second-order valence-electron chi connectivity index (χ2n) is 4.89. The minimum absolute atomic E-state index is 0.752. The molecule has 0 atom stereocenters. The Balaban J connectivity index is 1.75. The second-order valence-corrected chi connectivity index (χ2v) is 5.78. The van der Waals surface area contributed by atoms with Crippen molar-refractivity contribution in [1.82, 2.24) is 14.5 Å². The molecule has 1 N–H and O–H groups in total. The molecule has 0 aliphatic carbocycles. The monoisotopic (exact) mass is 287 g/mol. The van der Waals surface area contributed by atoms with E-state index in [9.17, 15) is 0 Å². The Kier molecular flexibility index (Phi) is 3.31. The second kappa shape index (κ2) is 5.13. The van der Waals surface area contributed by atoms with Crippen molar-refractivity contribution in [3.63, 3.8) is 0 Å². The van der Waals surface area contributed by atoms with Gasteiger partial charge in [0.25, 0.3) is 0 Å². The van der Waals surface area contributed by atoms with Crippen LogP contribution in [0.1, 0.15) is 5.69 Å². The summed E-state index contributed by atoms with van der Waals surface area (Å²) in [5, 5.41) is 3.44. The zero-order chi connectivity index (χ0) is 14.1. The number of hydrogen-bond acceptors (Lipinski definition) is 5. The molecule has 0 radical (unpaired) electrons. The molecule has 0 fully saturated rings. The molecule has 3 rings (SSSR count). The molecule has 2 heterocycles. The maximum Gasteiger partial charge on any atom is 0.204 e. The van der Waals surface area contributed by atoms with Crippen LogP contribution in [0.5, 0.6) is 0 Å². The number of anilines is 2. The van der Waals surface area contributed by atoms with Gasteiger partial charge in [0.2, 0.25) is 5.95 Å². The summed E-state index contributed by atoms with van der Waals surface area (Å²) in [4.78, 5) is 10.7. The number of benzene rings is 1. The fourth-order valence-electron chi connectivity index (χ4n) is 2.17. The number of hydrogen-bond donors (Lipinski definition) is 1. The zero-order valence-electron chi connectivity index (χ0n) is 11.8. The van der Waals surface area contributed by atoms with Gasteiger partial charge in [-0.05, 0) is 18.2 Å². The van der Waals surface area contributed by atoms with Crippen LogP contribution >= 0.6 is 11.3 Å². The Morgan fingerprint density at radius 2 is 2.15 bits per heavy atom. The highest BCUT2D eigenvalue weighted by Crippen LogP contribution is 2.22. The van der Waals surface area contributed by atoms with Crippen molar-refractivity contribution < 1.29 is 0 Å². The number of rotatable bonds is 4. The van der Waals surface area contributed by atoms with Gasteiger partial charge in [-0.25, -0.2) is 9.97 Å². The summed E-state index contributed by atoms with van der Waals surface area (Å²) in [6.07, 6.45) is 1.91. The van der Waals surface area contributed by atoms with E-state index in [0.29, 0.717) is 0 Å². The van der Waals surface area contributed by atoms with Gasteiger partial charge in [-0.2, -0.15) is 0 Å². The first-order chi connectivity index (χ1) is 9.65. The minimum atomic E-state index is 0.752. The fourth-order valence-corrected chi connectivity index (χ4v) is 2.89. The number of nitrogens with one attached hydrogen (secondary N) is 1. The molecule has 0 bridgehead atoms. The van der Waals surface area contributed by atoms with E-state index in [-0.39, 0.29) is 0 Å². The molecule has 6 heteroatoms. The first-order valence-corrected chi connectivity index (χ1v) is 7.28. The molecule has 0 aliphatic heterocycles. The summed E-state index contributed by atoms with van der Waals surface area (Å²) in [5.74, 6) is 0.958. The van der Waals surface area contributed by atoms with Crippen LogP contribution in [0.25, 0.3) is 10.2 Å². The maximum atomic E-state index is 4.41. The Bertz CT molecular complexity index is 728. The van der Waals surface area contributed by atoms with Gasteiger partial charge >= 0.3 is 0 Å². The van der Waals surface area contributed by atoms with Crippen molar-refractivity contribution in [2.45, 2.75) is 6.54 Å². The molecule has 0 saturated heterocycles. The van der Waals surface area contributed by atoms with Crippen molar-refractivity contribution in [3.05, 3.63) is 35.6 Å². The zero-order valence-corrected chi connectivity index (χ0v) is 12.6. The summed E-state index contributed by atoms with van der Waals surface area (Å²) in [6.45, 7) is 0.752. The Labute approximate surface area is 121 Å². The van der Waals surface area contributed by atoms with E-state index >= 15 is 0 Å². The van der Waals surface area contributed by atoms with Crippen LogP contribution in [0, 0.1) is 0 Å². The van der Waals surface area contributed by atoms with Crippen LogP contribution in [0.15, 0.2) is 29.9 Å². The van der Waals surface area contributed by atoms with Crippen LogP contribution in [0.2, 0.25) is 0 Å². The molecule has 0 aliphatic rings. The van der Waals surface area contributed by atoms with E-state index in [0.717, 1.165) is 29.4 Å². The first-order valence-electron chi connectivity index (χ1n) is 6.40. The highest BCUT2D eigenvalue weighted by Gasteiger charge is 2.07. The topological polar surface area (TPSA) is 46.0 Å². The van der Waals surface area contributed by atoms with Gasteiger partial charge in [0.05, 0.1) is 34.2 Å². The third-order valence-corrected chi connectivity index (χ3v) is 4.06. The van der Waals surface area contributed by atoms with Gasteiger partial charge in [0.15, 0.2) is 0 Å². The van der Waals surface area contributed by atoms with Crippen LogP contribution in [0.3, 0.4) is 0 Å². The third kappa shape index (κ3) is 2.34. The van der Waals surface area contributed by atoms with Gasteiger partial charge in [-0.1, -0.05) is 0 Å². The van der Waals surface area contributed by atoms with Gasteiger partial charge in [-0.3, -0.25) is 0 Å².